The maximum atomic E-state index is 5.75. The predicted molar refractivity (Wildman–Crippen MR) is 74.7 cm³/mol. The second-order valence-corrected chi connectivity index (χ2v) is 4.36. The summed E-state index contributed by atoms with van der Waals surface area (Å²) in [6.45, 7) is 2.51. The van der Waals surface area contributed by atoms with E-state index >= 15 is 0 Å². The lowest BCUT2D eigenvalue weighted by Gasteiger charge is -2.07. The van der Waals surface area contributed by atoms with E-state index < -0.39 is 0 Å². The molecule has 1 aromatic carbocycles. The van der Waals surface area contributed by atoms with E-state index in [0.717, 1.165) is 28.2 Å². The monoisotopic (exact) mass is 254 g/mol. The van der Waals surface area contributed by atoms with Crippen LogP contribution in [0.5, 0.6) is 0 Å². The van der Waals surface area contributed by atoms with Gasteiger partial charge in [0.25, 0.3) is 0 Å². The molecule has 96 valence electrons. The second-order valence-electron chi connectivity index (χ2n) is 4.36. The Morgan fingerprint density at radius 3 is 2.89 bits per heavy atom. The van der Waals surface area contributed by atoms with Gasteiger partial charge < -0.3 is 15.5 Å². The fourth-order valence-electron chi connectivity index (χ4n) is 1.97. The molecule has 5 heteroatoms. The maximum Gasteiger partial charge on any atom is 0.137 e. The summed E-state index contributed by atoms with van der Waals surface area (Å²) >= 11 is 0. The summed E-state index contributed by atoms with van der Waals surface area (Å²) < 4.78 is 5.51. The highest BCUT2D eigenvalue weighted by molar-refractivity contribution is 5.90. The lowest BCUT2D eigenvalue weighted by molar-refractivity contribution is 0.490. The van der Waals surface area contributed by atoms with E-state index in [0.29, 0.717) is 12.2 Å². The van der Waals surface area contributed by atoms with E-state index in [1.54, 1.807) is 0 Å². The van der Waals surface area contributed by atoms with Crippen molar-refractivity contribution < 1.29 is 4.42 Å². The minimum Gasteiger partial charge on any atom is -0.465 e. The number of nitrogens with one attached hydrogen (secondary N) is 1. The fraction of sp³-hybridized carbons (Fsp3) is 0.143. The standard InChI is InChI=1S/C14H14N4O/c1-9-2-4-11(19-9)7-16-14-12-5-3-10(15)6-13(12)17-8-18-14/h2-6,8H,7,15H2,1H3,(H,16,17,18). The Morgan fingerprint density at radius 1 is 1.21 bits per heavy atom. The molecule has 0 amide bonds. The largest absolute Gasteiger partial charge is 0.465 e. The van der Waals surface area contributed by atoms with Crippen molar-refractivity contribution in [3.63, 3.8) is 0 Å². The topological polar surface area (TPSA) is 77.0 Å². The zero-order chi connectivity index (χ0) is 13.2. The van der Waals surface area contributed by atoms with Crippen LogP contribution in [0.15, 0.2) is 41.1 Å². The van der Waals surface area contributed by atoms with Crippen LogP contribution < -0.4 is 11.1 Å². The number of hydrogen-bond donors (Lipinski definition) is 2. The normalized spacial score (nSPS) is 10.8. The molecule has 0 spiro atoms. The zero-order valence-electron chi connectivity index (χ0n) is 10.6. The number of nitrogens with zero attached hydrogens (tertiary/aromatic N) is 2. The van der Waals surface area contributed by atoms with Crippen molar-refractivity contribution in [3.05, 3.63) is 48.2 Å². The maximum absolute atomic E-state index is 5.75. The van der Waals surface area contributed by atoms with Crippen LogP contribution in [0.1, 0.15) is 11.5 Å². The molecule has 3 N–H and O–H groups in total. The van der Waals surface area contributed by atoms with Gasteiger partial charge in [-0.25, -0.2) is 9.97 Å². The first kappa shape index (κ1) is 11.5. The van der Waals surface area contributed by atoms with Gasteiger partial charge in [-0.3, -0.25) is 0 Å². The highest BCUT2D eigenvalue weighted by Gasteiger charge is 2.05. The number of aryl methyl sites for hydroxylation is 1. The molecule has 3 aromatic rings. The molecule has 0 fully saturated rings. The van der Waals surface area contributed by atoms with E-state index in [4.69, 9.17) is 10.2 Å². The molecule has 5 nitrogen and oxygen atoms in total. The van der Waals surface area contributed by atoms with Gasteiger partial charge in [-0.05, 0) is 37.3 Å². The zero-order valence-corrected chi connectivity index (χ0v) is 10.6. The summed E-state index contributed by atoms with van der Waals surface area (Å²) in [7, 11) is 0. The molecule has 0 atom stereocenters. The summed E-state index contributed by atoms with van der Waals surface area (Å²) in [5, 5.41) is 4.20. The van der Waals surface area contributed by atoms with Crippen LogP contribution >= 0.6 is 0 Å². The van der Waals surface area contributed by atoms with Crippen LogP contribution in [0, 0.1) is 6.92 Å². The van der Waals surface area contributed by atoms with Crippen molar-refractivity contribution in [3.8, 4) is 0 Å². The van der Waals surface area contributed by atoms with Gasteiger partial charge in [0.2, 0.25) is 0 Å². The van der Waals surface area contributed by atoms with E-state index in [9.17, 15) is 0 Å². The number of furan rings is 1. The van der Waals surface area contributed by atoms with Crippen LogP contribution in [0.25, 0.3) is 10.9 Å². The van der Waals surface area contributed by atoms with Gasteiger partial charge in [-0.1, -0.05) is 0 Å². The molecule has 0 saturated heterocycles. The predicted octanol–water partition coefficient (Wildman–Crippen LogP) is 2.73. The van der Waals surface area contributed by atoms with Gasteiger partial charge in [0, 0.05) is 11.1 Å². The van der Waals surface area contributed by atoms with Crippen LogP contribution in [0.4, 0.5) is 11.5 Å². The number of nitrogen functional groups attached to an aromatic ring is 1. The molecular weight excluding hydrogens is 240 g/mol. The Morgan fingerprint density at radius 2 is 2.11 bits per heavy atom. The van der Waals surface area contributed by atoms with Gasteiger partial charge in [-0.2, -0.15) is 0 Å². The van der Waals surface area contributed by atoms with Crippen molar-refractivity contribution in [1.82, 2.24) is 9.97 Å². The Bertz CT molecular complexity index is 720. The van der Waals surface area contributed by atoms with Crippen molar-refractivity contribution in [2.45, 2.75) is 13.5 Å². The van der Waals surface area contributed by atoms with Crippen molar-refractivity contribution in [1.29, 1.82) is 0 Å². The van der Waals surface area contributed by atoms with Gasteiger partial charge in [0.15, 0.2) is 0 Å². The van der Waals surface area contributed by atoms with E-state index in [1.807, 2.05) is 37.3 Å². The number of anilines is 2. The van der Waals surface area contributed by atoms with Crippen LogP contribution in [-0.2, 0) is 6.54 Å². The first-order valence-corrected chi connectivity index (χ1v) is 6.02. The fourth-order valence-corrected chi connectivity index (χ4v) is 1.97. The Labute approximate surface area is 110 Å². The third-order valence-electron chi connectivity index (χ3n) is 2.89. The quantitative estimate of drug-likeness (QED) is 0.703. The summed E-state index contributed by atoms with van der Waals surface area (Å²) in [6.07, 6.45) is 1.53. The number of rotatable bonds is 3. The molecular formula is C14H14N4O. The first-order valence-electron chi connectivity index (χ1n) is 6.02. The number of hydrogen-bond acceptors (Lipinski definition) is 5. The van der Waals surface area contributed by atoms with E-state index in [2.05, 4.69) is 15.3 Å². The van der Waals surface area contributed by atoms with Gasteiger partial charge >= 0.3 is 0 Å². The van der Waals surface area contributed by atoms with E-state index in [-0.39, 0.29) is 0 Å². The molecule has 0 aliphatic rings. The Kier molecular flexibility index (Phi) is 2.79. The third kappa shape index (κ3) is 2.35. The summed E-state index contributed by atoms with van der Waals surface area (Å²) in [4.78, 5) is 8.46. The summed E-state index contributed by atoms with van der Waals surface area (Å²) in [5.74, 6) is 2.55. The SMILES string of the molecule is Cc1ccc(CNc2ncnc3cc(N)ccc23)o1. The molecule has 0 aliphatic carbocycles. The lowest BCUT2D eigenvalue weighted by Crippen LogP contribution is -2.02. The number of fused-ring (bicyclic) bond motifs is 1. The average molecular weight is 254 g/mol. The van der Waals surface area contributed by atoms with Crippen molar-refractivity contribution >= 4 is 22.4 Å². The van der Waals surface area contributed by atoms with Gasteiger partial charge in [0.1, 0.15) is 23.7 Å². The molecule has 0 bridgehead atoms. The number of benzene rings is 1. The van der Waals surface area contributed by atoms with Crippen LogP contribution in [0.2, 0.25) is 0 Å². The van der Waals surface area contributed by atoms with Crippen molar-refractivity contribution in [2.24, 2.45) is 0 Å². The molecule has 0 aliphatic heterocycles. The summed E-state index contributed by atoms with van der Waals surface area (Å²) in [5.41, 5.74) is 7.27. The van der Waals surface area contributed by atoms with E-state index in [1.165, 1.54) is 6.33 Å². The second kappa shape index (κ2) is 4.61. The van der Waals surface area contributed by atoms with Crippen LogP contribution in [-0.4, -0.2) is 9.97 Å². The van der Waals surface area contributed by atoms with Crippen LogP contribution in [0.3, 0.4) is 0 Å². The number of nitrogens with two attached hydrogens (primary N) is 1. The number of aromatic nitrogens is 2. The molecule has 3 rings (SSSR count). The first-order chi connectivity index (χ1) is 9.22. The highest BCUT2D eigenvalue weighted by atomic mass is 16.3. The third-order valence-corrected chi connectivity index (χ3v) is 2.89. The lowest BCUT2D eigenvalue weighted by atomic mass is 10.2. The molecule has 2 aromatic heterocycles. The minimum absolute atomic E-state index is 0.588. The molecule has 2 heterocycles. The van der Waals surface area contributed by atoms with Crippen molar-refractivity contribution in [2.75, 3.05) is 11.1 Å². The Balaban J connectivity index is 1.88. The smallest absolute Gasteiger partial charge is 0.137 e. The average Bonchev–Trinajstić information content (AvgIpc) is 2.81. The highest BCUT2D eigenvalue weighted by Crippen LogP contribution is 2.21. The molecule has 0 unspecified atom stereocenters. The molecule has 0 saturated carbocycles. The molecule has 19 heavy (non-hydrogen) atoms. The Hall–Kier alpha value is -2.56. The minimum atomic E-state index is 0.588. The molecule has 0 radical (unpaired) electrons. The van der Waals surface area contributed by atoms with Gasteiger partial charge in [0.05, 0.1) is 12.1 Å². The summed E-state index contributed by atoms with van der Waals surface area (Å²) in [6, 6.07) is 9.48. The van der Waals surface area contributed by atoms with Gasteiger partial charge in [-0.15, -0.1) is 0 Å².